The summed E-state index contributed by atoms with van der Waals surface area (Å²) in [4.78, 5) is 64.1. The number of H-pyrrole nitrogens is 1. The summed E-state index contributed by atoms with van der Waals surface area (Å²) in [5, 5.41) is 11.3. The third-order valence-electron chi connectivity index (χ3n) is 5.42. The smallest absolute Gasteiger partial charge is 0.731 e. The van der Waals surface area contributed by atoms with Gasteiger partial charge in [-0.25, -0.2) is 17.5 Å². The zero-order valence-corrected chi connectivity index (χ0v) is 21.8. The van der Waals surface area contributed by atoms with E-state index in [1.807, 2.05) is 0 Å². The van der Waals surface area contributed by atoms with Crippen LogP contribution < -0.4 is 40.2 Å². The monoisotopic (exact) mass is 507 g/mol. The van der Waals surface area contributed by atoms with Gasteiger partial charge in [-0.15, -0.1) is 0 Å². The number of hydrogen-bond donors (Lipinski definition) is 3. The van der Waals surface area contributed by atoms with Gasteiger partial charge in [-0.3, -0.25) is 29.2 Å². The van der Waals surface area contributed by atoms with Gasteiger partial charge in [0.25, 0.3) is 5.91 Å². The molecule has 0 bridgehead atoms. The van der Waals surface area contributed by atoms with Crippen LogP contribution in [0.1, 0.15) is 29.9 Å². The average molecular weight is 507 g/mol. The molecule has 3 rings (SSSR count). The molecule has 0 aliphatic carbocycles. The number of likely N-dealkylation sites (N-methyl/N-ethyl adjacent to an activating group) is 1. The van der Waals surface area contributed by atoms with E-state index in [1.165, 1.54) is 4.90 Å². The topological polar surface area (TPSA) is 205 Å². The van der Waals surface area contributed by atoms with Crippen LogP contribution >= 0.6 is 0 Å². The molecule has 6 amide bonds. The number of carbonyl (C=O) groups is 5. The van der Waals surface area contributed by atoms with Crippen molar-refractivity contribution in [2.45, 2.75) is 32.9 Å². The van der Waals surface area contributed by atoms with Gasteiger partial charge in [0.05, 0.1) is 12.2 Å². The summed E-state index contributed by atoms with van der Waals surface area (Å²) in [6, 6.07) is -3.73. The Morgan fingerprint density at radius 2 is 1.85 bits per heavy atom. The zero-order valence-electron chi connectivity index (χ0n) is 18.9. The SMILES string of the molecule is CCN1CCN(C(=O)NC(C(=O)NC2CN(S(=O)(=O)[O-])C2=O)c2c(C)n[nH]c2C)C(=O)C1=O.[Na+]. The third kappa shape index (κ3) is 5.25. The number of aromatic nitrogens is 2. The van der Waals surface area contributed by atoms with Crippen molar-refractivity contribution in [2.24, 2.45) is 0 Å². The van der Waals surface area contributed by atoms with E-state index >= 15 is 0 Å². The van der Waals surface area contributed by atoms with Crippen LogP contribution in [0.2, 0.25) is 0 Å². The van der Waals surface area contributed by atoms with Crippen molar-refractivity contribution < 1.29 is 66.5 Å². The molecule has 2 saturated heterocycles. The molecule has 0 radical (unpaired) electrons. The molecular formula is C17H22N7NaO8S. The van der Waals surface area contributed by atoms with E-state index in [4.69, 9.17) is 0 Å². The summed E-state index contributed by atoms with van der Waals surface area (Å²) in [6.07, 6.45) is 0. The minimum Gasteiger partial charge on any atom is -0.731 e. The minimum absolute atomic E-state index is 0. The van der Waals surface area contributed by atoms with Crippen molar-refractivity contribution in [3.8, 4) is 0 Å². The number of β-lactam (4-membered cyclic amide) rings is 1. The van der Waals surface area contributed by atoms with Gasteiger partial charge in [-0.1, -0.05) is 0 Å². The van der Waals surface area contributed by atoms with Crippen molar-refractivity contribution in [3.63, 3.8) is 0 Å². The third-order valence-corrected chi connectivity index (χ3v) is 6.29. The molecule has 2 unspecified atom stereocenters. The Balaban J connectivity index is 0.00000408. The van der Waals surface area contributed by atoms with Gasteiger partial charge in [0.2, 0.25) is 5.91 Å². The van der Waals surface area contributed by atoms with Crippen molar-refractivity contribution in [3.05, 3.63) is 17.0 Å². The first kappa shape index (κ1) is 27.7. The Bertz CT molecular complexity index is 1120. The van der Waals surface area contributed by atoms with Gasteiger partial charge in [0, 0.05) is 30.9 Å². The Hall–Kier alpha value is -2.53. The summed E-state index contributed by atoms with van der Waals surface area (Å²) in [5.41, 5.74) is 1.01. The van der Waals surface area contributed by atoms with E-state index < -0.39 is 58.6 Å². The van der Waals surface area contributed by atoms with Crippen LogP contribution in [-0.2, 0) is 29.5 Å². The van der Waals surface area contributed by atoms with Gasteiger partial charge in [0.15, 0.2) is 10.3 Å². The summed E-state index contributed by atoms with van der Waals surface area (Å²) < 4.78 is 33.0. The number of piperazine rings is 1. The van der Waals surface area contributed by atoms with Gasteiger partial charge in [-0.2, -0.15) is 5.10 Å². The largest absolute Gasteiger partial charge is 1.00 e. The number of carbonyl (C=O) groups excluding carboxylic acids is 5. The molecule has 2 aliphatic heterocycles. The van der Waals surface area contributed by atoms with Crippen LogP contribution in [0.3, 0.4) is 0 Å². The second kappa shape index (κ2) is 10.4. The Kier molecular flexibility index (Phi) is 8.47. The number of amides is 6. The average Bonchev–Trinajstić information content (AvgIpc) is 3.07. The maximum absolute atomic E-state index is 13.0. The van der Waals surface area contributed by atoms with Crippen molar-refractivity contribution in [1.82, 2.24) is 34.9 Å². The van der Waals surface area contributed by atoms with Crippen molar-refractivity contribution >= 4 is 40.0 Å². The number of urea groups is 1. The number of aryl methyl sites for hydroxylation is 2. The molecule has 1 aromatic heterocycles. The summed E-state index contributed by atoms with van der Waals surface area (Å²) >= 11 is 0. The predicted molar refractivity (Wildman–Crippen MR) is 107 cm³/mol. The number of rotatable bonds is 6. The van der Waals surface area contributed by atoms with Gasteiger partial charge >= 0.3 is 47.4 Å². The summed E-state index contributed by atoms with van der Waals surface area (Å²) in [7, 11) is -4.99. The van der Waals surface area contributed by atoms with E-state index in [0.717, 1.165) is 0 Å². The van der Waals surface area contributed by atoms with Crippen LogP contribution in [0.25, 0.3) is 0 Å². The minimum atomic E-state index is -4.99. The van der Waals surface area contributed by atoms with Gasteiger partial charge in [0.1, 0.15) is 12.1 Å². The normalized spacial score (nSPS) is 19.4. The molecule has 180 valence electrons. The fourth-order valence-electron chi connectivity index (χ4n) is 3.58. The fraction of sp³-hybridized carbons (Fsp3) is 0.529. The summed E-state index contributed by atoms with van der Waals surface area (Å²) in [6.45, 7) is 4.62. The molecule has 0 aromatic carbocycles. The molecule has 3 heterocycles. The van der Waals surface area contributed by atoms with E-state index in [9.17, 15) is 36.9 Å². The van der Waals surface area contributed by atoms with Crippen LogP contribution in [0.15, 0.2) is 0 Å². The number of imide groups is 1. The molecule has 0 spiro atoms. The predicted octanol–water partition coefficient (Wildman–Crippen LogP) is -5.74. The number of nitrogens with one attached hydrogen (secondary N) is 3. The molecule has 2 fully saturated rings. The van der Waals surface area contributed by atoms with Crippen LogP contribution in [0, 0.1) is 13.8 Å². The van der Waals surface area contributed by atoms with Crippen LogP contribution in [-0.4, -0.2) is 99.2 Å². The molecule has 2 atom stereocenters. The second-order valence-corrected chi connectivity index (χ2v) is 8.76. The van der Waals surface area contributed by atoms with Crippen molar-refractivity contribution in [1.29, 1.82) is 0 Å². The first-order chi connectivity index (χ1) is 15.4. The molecule has 0 saturated carbocycles. The molecule has 17 heteroatoms. The van der Waals surface area contributed by atoms with Crippen LogP contribution in [0.5, 0.6) is 0 Å². The molecular weight excluding hydrogens is 485 g/mol. The molecule has 3 N–H and O–H groups in total. The standard InChI is InChI=1S/C17H23N7O8S.Na/c1-4-22-5-6-23(16(28)15(22)27)17(29)19-12(11-8(2)20-21-9(11)3)13(25)18-10-7-24(14(10)26)33(30,31)32;/h10,12H,4-7H2,1-3H3,(H,18,25)(H,19,29)(H,20,21)(H,30,31,32);/q;+1/p-1. The van der Waals surface area contributed by atoms with E-state index in [-0.39, 0.29) is 52.5 Å². The fourth-order valence-corrected chi connectivity index (χ4v) is 4.26. The first-order valence-electron chi connectivity index (χ1n) is 9.87. The second-order valence-electron chi connectivity index (χ2n) is 7.46. The molecule has 34 heavy (non-hydrogen) atoms. The zero-order chi connectivity index (χ0) is 24.7. The molecule has 2 aliphatic rings. The van der Waals surface area contributed by atoms with Crippen molar-refractivity contribution in [2.75, 3.05) is 26.2 Å². The van der Waals surface area contributed by atoms with E-state index in [2.05, 4.69) is 20.8 Å². The van der Waals surface area contributed by atoms with E-state index in [0.29, 0.717) is 22.8 Å². The van der Waals surface area contributed by atoms with Crippen LogP contribution in [0.4, 0.5) is 4.79 Å². The van der Waals surface area contributed by atoms with Gasteiger partial charge < -0.3 is 20.1 Å². The first-order valence-corrected chi connectivity index (χ1v) is 11.2. The number of aromatic amines is 1. The summed E-state index contributed by atoms with van der Waals surface area (Å²) in [5.74, 6) is -3.91. The van der Waals surface area contributed by atoms with Gasteiger partial charge in [-0.05, 0) is 20.8 Å². The molecule has 1 aromatic rings. The Morgan fingerprint density at radius 1 is 1.21 bits per heavy atom. The number of hydrogen-bond acceptors (Lipinski definition) is 9. The maximum Gasteiger partial charge on any atom is 1.00 e. The van der Waals surface area contributed by atoms with E-state index in [1.54, 1.807) is 20.8 Å². The molecule has 15 nitrogen and oxygen atoms in total. The number of nitrogens with zero attached hydrogens (tertiary/aromatic N) is 4. The Morgan fingerprint density at radius 3 is 2.35 bits per heavy atom. The quantitative estimate of drug-likeness (QED) is 0.145. The maximum atomic E-state index is 13.0. The Labute approximate surface area is 216 Å².